The van der Waals surface area contributed by atoms with E-state index in [2.05, 4.69) is 217 Å². The highest BCUT2D eigenvalue weighted by molar-refractivity contribution is 5.97. The third-order valence-corrected chi connectivity index (χ3v) is 12.5. The average Bonchev–Trinajstić information content (AvgIpc) is 3.77. The summed E-state index contributed by atoms with van der Waals surface area (Å²) in [6.45, 7) is 0. The highest BCUT2D eigenvalue weighted by Gasteiger charge is 2.55. The Labute approximate surface area is 338 Å². The summed E-state index contributed by atoms with van der Waals surface area (Å²) in [4.78, 5) is 2.30. The van der Waals surface area contributed by atoms with Crippen molar-refractivity contribution >= 4 is 22.6 Å². The van der Waals surface area contributed by atoms with Crippen molar-refractivity contribution in [1.82, 2.24) is 0 Å². The van der Waals surface area contributed by atoms with Crippen LogP contribution in [0.3, 0.4) is 0 Å². The van der Waals surface area contributed by atoms with Gasteiger partial charge in [-0.2, -0.15) is 0 Å². The number of hydrogen-bond donors (Lipinski definition) is 0. The predicted octanol–water partition coefficient (Wildman–Crippen LogP) is 13.4. The van der Waals surface area contributed by atoms with E-state index >= 15 is 0 Å². The van der Waals surface area contributed by atoms with Gasteiger partial charge in [-0.15, -0.1) is 0 Å². The van der Waals surface area contributed by atoms with Gasteiger partial charge in [-0.05, 0) is 104 Å². The molecule has 3 heteroatoms. The Balaban J connectivity index is 0.971. The summed E-state index contributed by atoms with van der Waals surface area (Å²) in [5, 5.41) is 0. The Kier molecular flexibility index (Phi) is 7.27. The summed E-state index contributed by atoms with van der Waals surface area (Å²) < 4.78 is 14.1. The first-order valence-corrected chi connectivity index (χ1v) is 20.1. The molecule has 0 bridgehead atoms. The van der Waals surface area contributed by atoms with Crippen LogP contribution >= 0.6 is 0 Å². The number of nitrogens with zero attached hydrogens (tertiary/aromatic N) is 1. The van der Waals surface area contributed by atoms with Crippen molar-refractivity contribution < 1.29 is 9.47 Å². The van der Waals surface area contributed by atoms with E-state index in [9.17, 15) is 0 Å². The van der Waals surface area contributed by atoms with Crippen LogP contribution in [-0.2, 0) is 5.41 Å². The molecule has 1 spiro atoms. The van der Waals surface area contributed by atoms with E-state index in [1.807, 2.05) is 0 Å². The zero-order valence-electron chi connectivity index (χ0n) is 31.6. The van der Waals surface area contributed by atoms with Gasteiger partial charge in [-0.3, -0.25) is 0 Å². The van der Waals surface area contributed by atoms with Gasteiger partial charge in [-0.1, -0.05) is 164 Å². The molecule has 0 saturated heterocycles. The van der Waals surface area contributed by atoms with Crippen molar-refractivity contribution in [1.29, 1.82) is 0 Å². The molecule has 8 aromatic rings. The lowest BCUT2D eigenvalue weighted by molar-refractivity contribution is 0.0812. The number of anilines is 3. The number of fused-ring (bicyclic) bond motifs is 12. The van der Waals surface area contributed by atoms with Crippen LogP contribution in [0.15, 0.2) is 218 Å². The first-order chi connectivity index (χ1) is 28.8. The Morgan fingerprint density at radius 2 is 0.862 bits per heavy atom. The van der Waals surface area contributed by atoms with Crippen LogP contribution in [0, 0.1) is 0 Å². The van der Waals surface area contributed by atoms with Gasteiger partial charge in [0.25, 0.3) is 0 Å². The summed E-state index contributed by atoms with van der Waals surface area (Å²) in [7, 11) is 0. The van der Waals surface area contributed by atoms with E-state index < -0.39 is 5.41 Å². The van der Waals surface area contributed by atoms with Crippen LogP contribution < -0.4 is 14.4 Å². The maximum atomic E-state index is 7.24. The third kappa shape index (κ3) is 4.80. The molecular formula is C55H37NO2. The molecule has 0 radical (unpaired) electrons. The molecule has 8 aromatic carbocycles. The Morgan fingerprint density at radius 3 is 1.43 bits per heavy atom. The molecule has 12 rings (SSSR count). The first-order valence-electron chi connectivity index (χ1n) is 20.1. The van der Waals surface area contributed by atoms with E-state index in [-0.39, 0.29) is 12.2 Å². The van der Waals surface area contributed by atoms with Gasteiger partial charge in [0, 0.05) is 23.0 Å². The minimum atomic E-state index is -0.430. The van der Waals surface area contributed by atoms with Gasteiger partial charge < -0.3 is 14.4 Å². The standard InChI is InChI=1S/C55H37NO2/c1-3-13-36(14-4-1)38-23-27-40(28-24-38)56(41-29-25-39(26-30-41)37-15-5-2-6-16-37)42-31-33-50-52(35-42)58-54-51(57-50)34-32-49-53(54)45-19-9-12-22-48(45)55(49)46-20-10-7-17-43(46)44-18-8-11-21-47(44)55/h1-35,51,54H. The summed E-state index contributed by atoms with van der Waals surface area (Å²) >= 11 is 0. The Bertz CT molecular complexity index is 2820. The number of allylic oxidation sites excluding steroid dienone is 2. The fourth-order valence-electron chi connectivity index (χ4n) is 9.98. The fraction of sp³-hybridized carbons (Fsp3) is 0.0545. The quantitative estimate of drug-likeness (QED) is 0.175. The lowest BCUT2D eigenvalue weighted by Gasteiger charge is -2.38. The largest absolute Gasteiger partial charge is 0.478 e. The molecule has 1 heterocycles. The van der Waals surface area contributed by atoms with E-state index in [0.29, 0.717) is 0 Å². The minimum absolute atomic E-state index is 0.264. The van der Waals surface area contributed by atoms with Crippen molar-refractivity contribution in [3.05, 3.63) is 240 Å². The zero-order valence-corrected chi connectivity index (χ0v) is 31.6. The maximum absolute atomic E-state index is 7.24. The molecule has 3 nitrogen and oxygen atoms in total. The molecule has 0 fully saturated rings. The van der Waals surface area contributed by atoms with Crippen LogP contribution in [-0.4, -0.2) is 12.2 Å². The number of rotatable bonds is 5. The van der Waals surface area contributed by atoms with Crippen molar-refractivity contribution in [2.45, 2.75) is 17.6 Å². The highest BCUT2D eigenvalue weighted by Crippen LogP contribution is 2.64. The molecule has 4 aliphatic rings. The zero-order chi connectivity index (χ0) is 38.2. The van der Waals surface area contributed by atoms with Gasteiger partial charge in [0.2, 0.25) is 0 Å². The molecule has 274 valence electrons. The molecule has 3 aliphatic carbocycles. The molecule has 1 aliphatic heterocycles. The van der Waals surface area contributed by atoms with Crippen LogP contribution in [0.2, 0.25) is 0 Å². The first kappa shape index (κ1) is 32.8. The Hall–Kier alpha value is -7.36. The molecule has 58 heavy (non-hydrogen) atoms. The molecule has 0 aromatic heterocycles. The summed E-state index contributed by atoms with van der Waals surface area (Å²) in [6.07, 6.45) is 3.94. The monoisotopic (exact) mass is 743 g/mol. The second-order valence-electron chi connectivity index (χ2n) is 15.5. The topological polar surface area (TPSA) is 21.7 Å². The molecule has 0 amide bonds. The number of ether oxygens (including phenoxy) is 2. The molecule has 0 N–H and O–H groups in total. The van der Waals surface area contributed by atoms with Gasteiger partial charge in [0.05, 0.1) is 11.1 Å². The van der Waals surface area contributed by atoms with E-state index in [1.165, 1.54) is 66.8 Å². The smallest absolute Gasteiger partial charge is 0.165 e. The van der Waals surface area contributed by atoms with E-state index in [4.69, 9.17) is 9.47 Å². The highest BCUT2D eigenvalue weighted by atomic mass is 16.6. The second-order valence-corrected chi connectivity index (χ2v) is 15.5. The van der Waals surface area contributed by atoms with Crippen LogP contribution in [0.5, 0.6) is 11.5 Å². The third-order valence-electron chi connectivity index (χ3n) is 12.5. The van der Waals surface area contributed by atoms with Gasteiger partial charge in [0.15, 0.2) is 23.7 Å². The van der Waals surface area contributed by atoms with Crippen LogP contribution in [0.25, 0.3) is 39.0 Å². The average molecular weight is 744 g/mol. The summed E-state index contributed by atoms with van der Waals surface area (Å²) in [5.41, 5.74) is 17.6. The second kappa shape index (κ2) is 12.8. The van der Waals surface area contributed by atoms with E-state index in [0.717, 1.165) is 28.6 Å². The lowest BCUT2D eigenvalue weighted by Crippen LogP contribution is -2.41. The number of hydrogen-bond acceptors (Lipinski definition) is 3. The molecular weight excluding hydrogens is 707 g/mol. The van der Waals surface area contributed by atoms with Crippen molar-refractivity contribution in [2.75, 3.05) is 4.90 Å². The van der Waals surface area contributed by atoms with Gasteiger partial charge in [0.1, 0.15) is 0 Å². The maximum Gasteiger partial charge on any atom is 0.165 e. The summed E-state index contributed by atoms with van der Waals surface area (Å²) in [5.74, 6) is 1.48. The van der Waals surface area contributed by atoms with E-state index in [1.54, 1.807) is 0 Å². The van der Waals surface area contributed by atoms with Crippen molar-refractivity contribution in [3.8, 4) is 44.9 Å². The molecule has 2 unspecified atom stereocenters. The molecule has 0 saturated carbocycles. The predicted molar refractivity (Wildman–Crippen MR) is 235 cm³/mol. The van der Waals surface area contributed by atoms with Crippen molar-refractivity contribution in [3.63, 3.8) is 0 Å². The normalized spacial score (nSPS) is 17.2. The molecule has 2 atom stereocenters. The minimum Gasteiger partial charge on any atom is -0.478 e. The Morgan fingerprint density at radius 1 is 0.397 bits per heavy atom. The van der Waals surface area contributed by atoms with Crippen molar-refractivity contribution in [2.24, 2.45) is 0 Å². The summed E-state index contributed by atoms with van der Waals surface area (Å²) in [6, 6.07) is 71.8. The SMILES string of the molecule is C1=CC2Oc3ccc(N(c4ccc(-c5ccccc5)cc4)c4ccc(-c5ccccc5)cc4)cc3OC2C2=C1C1(c3ccccc32)c2ccccc2-c2ccccc21. The van der Waals surface area contributed by atoms with Gasteiger partial charge in [-0.25, -0.2) is 0 Å². The van der Waals surface area contributed by atoms with Crippen LogP contribution in [0.4, 0.5) is 17.1 Å². The van der Waals surface area contributed by atoms with Gasteiger partial charge >= 0.3 is 0 Å². The fourth-order valence-corrected chi connectivity index (χ4v) is 9.98. The van der Waals surface area contributed by atoms with Crippen LogP contribution in [0.1, 0.15) is 22.3 Å². The lowest BCUT2D eigenvalue weighted by atomic mass is 9.69. The number of benzene rings is 8.